The van der Waals surface area contributed by atoms with Crippen LogP contribution in [0.15, 0.2) is 36.8 Å². The monoisotopic (exact) mass is 333 g/mol. The van der Waals surface area contributed by atoms with Crippen LogP contribution in [-0.4, -0.2) is 33.4 Å². The maximum Gasteiger partial charge on any atom is 0.254 e. The molecule has 126 valence electrons. The molecule has 3 rings (SSSR count). The van der Waals surface area contributed by atoms with Crippen molar-refractivity contribution in [3.05, 3.63) is 53.6 Å². The molecule has 1 unspecified atom stereocenters. The number of nitrogens with zero attached hydrogens (tertiary/aromatic N) is 3. The lowest BCUT2D eigenvalue weighted by atomic mass is 10.1. The molecule has 1 aromatic heterocycles. The van der Waals surface area contributed by atoms with Crippen molar-refractivity contribution in [3.8, 4) is 0 Å². The number of hydrogen-bond donors (Lipinski definition) is 0. The predicted octanol–water partition coefficient (Wildman–Crippen LogP) is 3.56. The summed E-state index contributed by atoms with van der Waals surface area (Å²) < 4.78 is 2.02. The molecule has 0 saturated carbocycles. The number of aryl methyl sites for hydroxylation is 1. The second kappa shape index (κ2) is 9.46. The predicted molar refractivity (Wildman–Crippen MR) is 100 cm³/mol. The third-order valence-corrected chi connectivity index (χ3v) is 3.76. The van der Waals surface area contributed by atoms with E-state index >= 15 is 0 Å². The Morgan fingerprint density at radius 2 is 1.83 bits per heavy atom. The van der Waals surface area contributed by atoms with E-state index in [9.17, 15) is 4.79 Å². The van der Waals surface area contributed by atoms with Gasteiger partial charge >= 0.3 is 0 Å². The van der Waals surface area contributed by atoms with Crippen molar-refractivity contribution >= 4 is 15.8 Å². The van der Waals surface area contributed by atoms with Crippen molar-refractivity contribution in [2.45, 2.75) is 40.2 Å². The molecule has 0 spiro atoms. The second-order valence-electron chi connectivity index (χ2n) is 5.34. The molecule has 1 aliphatic heterocycles. The fourth-order valence-corrected chi connectivity index (χ4v) is 2.71. The Kier molecular flexibility index (Phi) is 7.97. The van der Waals surface area contributed by atoms with Crippen LogP contribution >= 0.6 is 9.90 Å². The normalized spacial score (nSPS) is 13.1. The van der Waals surface area contributed by atoms with Gasteiger partial charge in [-0.3, -0.25) is 4.79 Å². The minimum absolute atomic E-state index is 0. The molecule has 0 bridgehead atoms. The van der Waals surface area contributed by atoms with Crippen LogP contribution in [-0.2, 0) is 6.54 Å². The maximum absolute atomic E-state index is 12.6. The van der Waals surface area contributed by atoms with E-state index < -0.39 is 0 Å². The Morgan fingerprint density at radius 1 is 1.17 bits per heavy atom. The van der Waals surface area contributed by atoms with Crippen molar-refractivity contribution in [2.24, 2.45) is 0 Å². The lowest BCUT2D eigenvalue weighted by Crippen LogP contribution is -2.28. The molecule has 0 radical (unpaired) electrons. The topological polar surface area (TPSA) is 38.1 Å². The molecule has 0 N–H and O–H groups in total. The largest absolute Gasteiger partial charge is 0.339 e. The van der Waals surface area contributed by atoms with Gasteiger partial charge in [-0.05, 0) is 31.4 Å². The third-order valence-electron chi connectivity index (χ3n) is 3.76. The lowest BCUT2D eigenvalue weighted by molar-refractivity contribution is 0.0791. The fraction of sp³-hybridized carbons (Fsp3) is 0.444. The number of imidazole rings is 1. The number of benzene rings is 1. The molecule has 4 nitrogen and oxygen atoms in total. The zero-order valence-corrected chi connectivity index (χ0v) is 15.9. The molecule has 1 amide bonds. The highest BCUT2D eigenvalue weighted by Gasteiger charge is 2.21. The summed E-state index contributed by atoms with van der Waals surface area (Å²) in [6.07, 6.45) is 6.05. The van der Waals surface area contributed by atoms with Crippen LogP contribution in [0.2, 0.25) is 0 Å². The van der Waals surface area contributed by atoms with Gasteiger partial charge in [-0.25, -0.2) is 4.98 Å². The van der Waals surface area contributed by atoms with Crippen molar-refractivity contribution in [1.29, 1.82) is 0 Å². The van der Waals surface area contributed by atoms with Crippen LogP contribution in [0.25, 0.3) is 0 Å². The van der Waals surface area contributed by atoms with Gasteiger partial charge in [0.05, 0.1) is 12.0 Å². The van der Waals surface area contributed by atoms with Crippen LogP contribution in [0.5, 0.6) is 0 Å². The average Bonchev–Trinajstić information content (AvgIpc) is 3.21. The molecule has 1 fully saturated rings. The first-order valence-electron chi connectivity index (χ1n) is 8.09. The first kappa shape index (κ1) is 19.4. The van der Waals surface area contributed by atoms with Crippen LogP contribution < -0.4 is 0 Å². The summed E-state index contributed by atoms with van der Waals surface area (Å²) in [5.41, 5.74) is 2.87. The molecule has 2 aromatic rings. The highest BCUT2D eigenvalue weighted by atomic mass is 31.0. The van der Waals surface area contributed by atoms with Crippen molar-refractivity contribution in [3.63, 3.8) is 0 Å². The molecule has 0 aliphatic carbocycles. The summed E-state index contributed by atoms with van der Waals surface area (Å²) in [4.78, 5) is 18.8. The first-order valence-corrected chi connectivity index (χ1v) is 8.09. The Morgan fingerprint density at radius 3 is 2.43 bits per heavy atom. The van der Waals surface area contributed by atoms with Gasteiger partial charge in [0.2, 0.25) is 0 Å². The summed E-state index contributed by atoms with van der Waals surface area (Å²) in [6, 6.07) is 7.88. The summed E-state index contributed by atoms with van der Waals surface area (Å²) >= 11 is 0. The lowest BCUT2D eigenvalue weighted by Gasteiger charge is -2.17. The smallest absolute Gasteiger partial charge is 0.254 e. The second-order valence-corrected chi connectivity index (χ2v) is 5.34. The SMILES string of the molecule is CC.Cc1cn(Cc2ccccc2C(=O)N2CCCC2)cn1.P. The Balaban J connectivity index is 0.000000849. The average molecular weight is 333 g/mol. The summed E-state index contributed by atoms with van der Waals surface area (Å²) in [6.45, 7) is 8.43. The number of amides is 1. The van der Waals surface area contributed by atoms with E-state index in [0.29, 0.717) is 6.54 Å². The van der Waals surface area contributed by atoms with Crippen molar-refractivity contribution in [1.82, 2.24) is 14.5 Å². The van der Waals surface area contributed by atoms with Gasteiger partial charge in [0.1, 0.15) is 0 Å². The van der Waals surface area contributed by atoms with Crippen LogP contribution in [0.4, 0.5) is 0 Å². The number of rotatable bonds is 3. The van der Waals surface area contributed by atoms with E-state index in [4.69, 9.17) is 0 Å². The van der Waals surface area contributed by atoms with E-state index in [0.717, 1.165) is 42.8 Å². The molecule has 23 heavy (non-hydrogen) atoms. The highest BCUT2D eigenvalue weighted by Crippen LogP contribution is 2.17. The minimum atomic E-state index is 0. The van der Waals surface area contributed by atoms with Crippen molar-refractivity contribution < 1.29 is 4.79 Å². The van der Waals surface area contributed by atoms with E-state index in [1.165, 1.54) is 0 Å². The van der Waals surface area contributed by atoms with Gasteiger partial charge in [-0.1, -0.05) is 32.0 Å². The standard InChI is InChI=1S/C16H19N3O.C2H6.H3P/c1-13-10-18(12-17-13)11-14-6-2-3-7-15(14)16(20)19-8-4-5-9-19;1-2;/h2-3,6-7,10,12H,4-5,8-9,11H2,1H3;1-2H3;1H3. The fourth-order valence-electron chi connectivity index (χ4n) is 2.71. The molecular formula is C18H28N3OP. The Labute approximate surface area is 142 Å². The molecule has 1 aliphatic rings. The number of hydrogen-bond acceptors (Lipinski definition) is 2. The zero-order chi connectivity index (χ0) is 15.9. The van der Waals surface area contributed by atoms with E-state index in [-0.39, 0.29) is 15.8 Å². The zero-order valence-electron chi connectivity index (χ0n) is 14.5. The summed E-state index contributed by atoms with van der Waals surface area (Å²) in [5, 5.41) is 0. The van der Waals surface area contributed by atoms with Crippen molar-refractivity contribution in [2.75, 3.05) is 13.1 Å². The Bertz CT molecular complexity index is 618. The molecule has 5 heteroatoms. The van der Waals surface area contributed by atoms with Gasteiger partial charge in [-0.2, -0.15) is 9.90 Å². The summed E-state index contributed by atoms with van der Waals surface area (Å²) in [7, 11) is 0. The van der Waals surface area contributed by atoms with Gasteiger partial charge in [-0.15, -0.1) is 0 Å². The number of aromatic nitrogens is 2. The number of likely N-dealkylation sites (tertiary alicyclic amines) is 1. The number of carbonyl (C=O) groups is 1. The van der Waals surface area contributed by atoms with E-state index in [2.05, 4.69) is 4.98 Å². The minimum Gasteiger partial charge on any atom is -0.339 e. The molecule has 1 saturated heterocycles. The molecule has 1 atom stereocenters. The van der Waals surface area contributed by atoms with Crippen LogP contribution in [0.3, 0.4) is 0 Å². The van der Waals surface area contributed by atoms with Gasteiger partial charge in [0, 0.05) is 31.4 Å². The van der Waals surface area contributed by atoms with Crippen LogP contribution in [0, 0.1) is 6.92 Å². The molecule has 2 heterocycles. The highest BCUT2D eigenvalue weighted by molar-refractivity contribution is 6.92. The van der Waals surface area contributed by atoms with E-state index in [1.54, 1.807) is 0 Å². The van der Waals surface area contributed by atoms with Gasteiger partial charge in [0.15, 0.2) is 0 Å². The Hall–Kier alpha value is -1.67. The molecular weight excluding hydrogens is 305 g/mol. The third kappa shape index (κ3) is 4.90. The quantitative estimate of drug-likeness (QED) is 0.806. The first-order chi connectivity index (χ1) is 10.7. The summed E-state index contributed by atoms with van der Waals surface area (Å²) in [5.74, 6) is 0.162. The van der Waals surface area contributed by atoms with Gasteiger partial charge in [0.25, 0.3) is 5.91 Å². The number of carbonyl (C=O) groups excluding carboxylic acids is 1. The molecule has 1 aromatic carbocycles. The van der Waals surface area contributed by atoms with Gasteiger partial charge < -0.3 is 9.47 Å². The van der Waals surface area contributed by atoms with Crippen LogP contribution in [0.1, 0.15) is 48.3 Å². The maximum atomic E-state index is 12.6. The van der Waals surface area contributed by atoms with E-state index in [1.807, 2.05) is 67.0 Å².